The Bertz CT molecular complexity index is 1170. The molecule has 5 rings (SSSR count). The Morgan fingerprint density at radius 2 is 2.03 bits per heavy atom. The van der Waals surface area contributed by atoms with Crippen LogP contribution in [0.3, 0.4) is 0 Å². The number of carbonyl (C=O) groups excluding carboxylic acids is 1. The van der Waals surface area contributed by atoms with E-state index in [1.807, 2.05) is 17.0 Å². The molecule has 2 aliphatic rings. The molecule has 10 heteroatoms. The summed E-state index contributed by atoms with van der Waals surface area (Å²) in [6.45, 7) is 11.8. The number of aromatic nitrogens is 3. The average Bonchev–Trinajstić information content (AvgIpc) is 3.44. The Balaban J connectivity index is 1.37. The Labute approximate surface area is 209 Å². The highest BCUT2D eigenvalue weighted by atomic mass is 32.1. The number of carbonyl (C=O) groups is 1. The lowest BCUT2D eigenvalue weighted by atomic mass is 10.1. The fourth-order valence-electron chi connectivity index (χ4n) is 4.84. The number of nitrogens with zero attached hydrogens (tertiary/aromatic N) is 5. The highest BCUT2D eigenvalue weighted by Crippen LogP contribution is 2.28. The lowest BCUT2D eigenvalue weighted by Crippen LogP contribution is -2.44. The molecule has 0 spiro atoms. The second-order valence-corrected chi connectivity index (χ2v) is 10.3. The number of thiazole rings is 1. The maximum absolute atomic E-state index is 12.0. The fourth-order valence-corrected chi connectivity index (χ4v) is 5.65. The molecule has 5 heterocycles. The lowest BCUT2D eigenvalue weighted by Gasteiger charge is -2.35. The van der Waals surface area contributed by atoms with E-state index in [1.54, 1.807) is 6.20 Å². The van der Waals surface area contributed by atoms with Gasteiger partial charge in [0.05, 0.1) is 12.2 Å². The molecule has 3 atom stereocenters. The number of pyridine rings is 2. The van der Waals surface area contributed by atoms with Gasteiger partial charge in [0.15, 0.2) is 5.13 Å². The van der Waals surface area contributed by atoms with Crippen molar-refractivity contribution in [2.45, 2.75) is 45.1 Å². The van der Waals surface area contributed by atoms with Crippen LogP contribution < -0.4 is 10.6 Å². The fraction of sp³-hybridized carbons (Fsp3) is 0.440. The third-order valence-corrected chi connectivity index (χ3v) is 7.11. The van der Waals surface area contributed by atoms with Crippen LogP contribution in [0.25, 0.3) is 10.3 Å². The molecule has 2 aliphatic heterocycles. The van der Waals surface area contributed by atoms with Gasteiger partial charge in [0.25, 0.3) is 0 Å². The minimum atomic E-state index is -0.0293. The van der Waals surface area contributed by atoms with Crippen molar-refractivity contribution in [2.24, 2.45) is 0 Å². The zero-order valence-corrected chi connectivity index (χ0v) is 20.9. The van der Waals surface area contributed by atoms with Crippen molar-refractivity contribution in [3.05, 3.63) is 48.7 Å². The number of likely N-dealkylation sites (tertiary alicyclic amines) is 1. The second-order valence-electron chi connectivity index (χ2n) is 9.29. The minimum Gasteiger partial charge on any atom is -0.373 e. The molecule has 184 valence electrons. The first-order valence-corrected chi connectivity index (χ1v) is 12.8. The van der Waals surface area contributed by atoms with Crippen molar-refractivity contribution in [3.63, 3.8) is 0 Å². The molecule has 2 fully saturated rings. The normalized spacial score (nSPS) is 22.9. The van der Waals surface area contributed by atoms with E-state index in [4.69, 9.17) is 9.72 Å². The van der Waals surface area contributed by atoms with E-state index in [0.29, 0.717) is 6.54 Å². The van der Waals surface area contributed by atoms with Crippen molar-refractivity contribution in [1.29, 1.82) is 0 Å². The van der Waals surface area contributed by atoms with Gasteiger partial charge in [-0.05, 0) is 56.2 Å². The number of ether oxygens (including phenoxy) is 1. The number of rotatable bonds is 7. The van der Waals surface area contributed by atoms with Crippen LogP contribution in [0.5, 0.6) is 0 Å². The van der Waals surface area contributed by atoms with Crippen molar-refractivity contribution in [2.75, 3.05) is 36.8 Å². The molecule has 2 N–H and O–H groups in total. The molecule has 3 aromatic heterocycles. The molecule has 3 aromatic rings. The molecule has 2 saturated heterocycles. The SMILES string of the molecule is C=CC(=O)N1CCC(Nc2cc(CN3CC(C)OC(C)C3)cc(Nc3nc4cccnc4s3)n2)C1. The Morgan fingerprint density at radius 1 is 1.23 bits per heavy atom. The Morgan fingerprint density at radius 3 is 2.80 bits per heavy atom. The average molecular weight is 494 g/mol. The molecule has 0 bridgehead atoms. The predicted molar refractivity (Wildman–Crippen MR) is 139 cm³/mol. The van der Waals surface area contributed by atoms with Crippen LogP contribution in [-0.4, -0.2) is 75.1 Å². The van der Waals surface area contributed by atoms with Crippen LogP contribution in [-0.2, 0) is 16.1 Å². The van der Waals surface area contributed by atoms with Gasteiger partial charge < -0.3 is 20.3 Å². The Hall–Kier alpha value is -3.08. The number of fused-ring (bicyclic) bond motifs is 1. The number of nitrogens with one attached hydrogen (secondary N) is 2. The summed E-state index contributed by atoms with van der Waals surface area (Å²) < 4.78 is 5.91. The van der Waals surface area contributed by atoms with Gasteiger partial charge in [-0.1, -0.05) is 17.9 Å². The molecule has 3 unspecified atom stereocenters. The molecule has 1 amide bonds. The number of amides is 1. The van der Waals surface area contributed by atoms with Crippen LogP contribution in [0.4, 0.5) is 16.8 Å². The molecular formula is C25H31N7O2S. The largest absolute Gasteiger partial charge is 0.373 e. The van der Waals surface area contributed by atoms with Gasteiger partial charge in [-0.2, -0.15) is 0 Å². The third-order valence-electron chi connectivity index (χ3n) is 6.21. The summed E-state index contributed by atoms with van der Waals surface area (Å²) in [4.78, 5) is 31.0. The predicted octanol–water partition coefficient (Wildman–Crippen LogP) is 3.64. The van der Waals surface area contributed by atoms with E-state index in [9.17, 15) is 4.79 Å². The highest BCUT2D eigenvalue weighted by molar-refractivity contribution is 7.21. The van der Waals surface area contributed by atoms with Gasteiger partial charge in [0.1, 0.15) is 22.0 Å². The first kappa shape index (κ1) is 23.7. The summed E-state index contributed by atoms with van der Waals surface area (Å²) in [7, 11) is 0. The number of hydrogen-bond acceptors (Lipinski definition) is 9. The summed E-state index contributed by atoms with van der Waals surface area (Å²) in [5.74, 6) is 1.49. The summed E-state index contributed by atoms with van der Waals surface area (Å²) in [6, 6.07) is 8.17. The van der Waals surface area contributed by atoms with E-state index in [2.05, 4.69) is 58.1 Å². The molecular weight excluding hydrogens is 462 g/mol. The quantitative estimate of drug-likeness (QED) is 0.482. The van der Waals surface area contributed by atoms with Gasteiger partial charge in [-0.15, -0.1) is 0 Å². The first-order chi connectivity index (χ1) is 16.9. The lowest BCUT2D eigenvalue weighted by molar-refractivity contribution is -0.125. The zero-order valence-electron chi connectivity index (χ0n) is 20.1. The van der Waals surface area contributed by atoms with E-state index in [0.717, 1.165) is 65.3 Å². The maximum atomic E-state index is 12.0. The third kappa shape index (κ3) is 5.77. The van der Waals surface area contributed by atoms with Crippen LogP contribution in [0.1, 0.15) is 25.8 Å². The smallest absolute Gasteiger partial charge is 0.246 e. The molecule has 9 nitrogen and oxygen atoms in total. The van der Waals surface area contributed by atoms with Gasteiger partial charge in [-0.25, -0.2) is 15.0 Å². The van der Waals surface area contributed by atoms with Crippen LogP contribution >= 0.6 is 11.3 Å². The van der Waals surface area contributed by atoms with Crippen LogP contribution in [0, 0.1) is 0 Å². The van der Waals surface area contributed by atoms with Gasteiger partial charge >= 0.3 is 0 Å². The van der Waals surface area contributed by atoms with Crippen molar-refractivity contribution >= 4 is 44.4 Å². The van der Waals surface area contributed by atoms with Gasteiger partial charge in [0.2, 0.25) is 5.91 Å². The zero-order chi connectivity index (χ0) is 24.4. The summed E-state index contributed by atoms with van der Waals surface area (Å²) in [6.07, 6.45) is 4.43. The van der Waals surface area contributed by atoms with E-state index in [1.165, 1.54) is 17.4 Å². The van der Waals surface area contributed by atoms with Gasteiger partial charge in [0, 0.05) is 45.0 Å². The van der Waals surface area contributed by atoms with Crippen LogP contribution in [0.15, 0.2) is 43.1 Å². The van der Waals surface area contributed by atoms with E-state index >= 15 is 0 Å². The number of hydrogen-bond donors (Lipinski definition) is 2. The maximum Gasteiger partial charge on any atom is 0.246 e. The summed E-state index contributed by atoms with van der Waals surface area (Å²) >= 11 is 1.50. The van der Waals surface area contributed by atoms with Crippen LogP contribution in [0.2, 0.25) is 0 Å². The molecule has 0 saturated carbocycles. The highest BCUT2D eigenvalue weighted by Gasteiger charge is 2.26. The van der Waals surface area contributed by atoms with Crippen molar-refractivity contribution in [3.8, 4) is 0 Å². The number of morpholine rings is 1. The standard InChI is InChI=1S/C25H31N7O2S/c1-4-23(33)32-9-7-19(15-32)27-21-10-18(14-31-12-16(2)34-17(3)13-31)11-22(29-21)30-25-28-20-6-5-8-26-24(20)35-25/h4-6,8,10-11,16-17,19H,1,7,9,12-15H2,2-3H3,(H2,27,28,29,30). The molecule has 0 aliphatic carbocycles. The van der Waals surface area contributed by atoms with Crippen molar-refractivity contribution < 1.29 is 9.53 Å². The topological polar surface area (TPSA) is 95.5 Å². The molecule has 0 aromatic carbocycles. The molecule has 35 heavy (non-hydrogen) atoms. The first-order valence-electron chi connectivity index (χ1n) is 12.0. The summed E-state index contributed by atoms with van der Waals surface area (Å²) in [5.41, 5.74) is 2.02. The number of anilines is 3. The monoisotopic (exact) mass is 493 g/mol. The minimum absolute atomic E-state index is 0.0293. The second kappa shape index (κ2) is 10.3. The van der Waals surface area contributed by atoms with Gasteiger partial charge in [-0.3, -0.25) is 9.69 Å². The summed E-state index contributed by atoms with van der Waals surface area (Å²) in [5, 5.41) is 7.69. The van der Waals surface area contributed by atoms with E-state index < -0.39 is 0 Å². The Kier molecular flexibility index (Phi) is 6.94. The van der Waals surface area contributed by atoms with E-state index in [-0.39, 0.29) is 24.2 Å². The van der Waals surface area contributed by atoms with Crippen molar-refractivity contribution in [1.82, 2.24) is 24.8 Å². The molecule has 0 radical (unpaired) electrons.